The van der Waals surface area contributed by atoms with Crippen LogP contribution in [-0.2, 0) is 0 Å². The van der Waals surface area contributed by atoms with Crippen molar-refractivity contribution >= 4 is 5.91 Å². The first kappa shape index (κ1) is 13.8. The number of hydrogen-bond acceptors (Lipinski definition) is 4. The summed E-state index contributed by atoms with van der Waals surface area (Å²) in [6.45, 7) is 0. The quantitative estimate of drug-likeness (QED) is 0.771. The topological polar surface area (TPSA) is 93.9 Å². The fraction of sp³-hybridized carbons (Fsp3) is 0.0625. The molecule has 0 atom stereocenters. The average molecular weight is 294 g/mol. The number of nitrogens with zero attached hydrogens (tertiary/aromatic N) is 2. The summed E-state index contributed by atoms with van der Waals surface area (Å²) in [5, 5.41) is 10.3. The molecule has 1 aromatic heterocycles. The van der Waals surface area contributed by atoms with Crippen molar-refractivity contribution in [2.45, 2.75) is 0 Å². The van der Waals surface area contributed by atoms with Gasteiger partial charge in [0.15, 0.2) is 5.69 Å². The number of carbonyl (C=O) groups excluding carboxylic acids is 1. The standard InChI is InChI=1S/C16H14N4O2/c1-22-11-6-4-5-10(9-11)12-7-2-3-8-13(12)14-15(16(17)21)19-20-18-14/h2-9H,1H3,(H2,17,21)(H,18,19,20). The van der Waals surface area contributed by atoms with Gasteiger partial charge in [0.1, 0.15) is 11.4 Å². The molecule has 0 unspecified atom stereocenters. The Bertz CT molecular complexity index is 826. The lowest BCUT2D eigenvalue weighted by atomic mass is 9.96. The third-order valence-electron chi connectivity index (χ3n) is 3.34. The molecule has 0 spiro atoms. The predicted octanol–water partition coefficient (Wildman–Crippen LogP) is 2.25. The van der Waals surface area contributed by atoms with Crippen molar-refractivity contribution in [3.63, 3.8) is 0 Å². The van der Waals surface area contributed by atoms with Crippen LogP contribution >= 0.6 is 0 Å². The van der Waals surface area contributed by atoms with E-state index in [2.05, 4.69) is 15.4 Å². The second-order valence-corrected chi connectivity index (χ2v) is 4.66. The van der Waals surface area contributed by atoms with Gasteiger partial charge in [-0.2, -0.15) is 15.4 Å². The molecular formula is C16H14N4O2. The van der Waals surface area contributed by atoms with E-state index in [1.165, 1.54) is 0 Å². The summed E-state index contributed by atoms with van der Waals surface area (Å²) < 4.78 is 5.26. The molecule has 0 saturated carbocycles. The minimum atomic E-state index is -0.621. The smallest absolute Gasteiger partial charge is 0.271 e. The molecule has 0 aliphatic rings. The number of benzene rings is 2. The van der Waals surface area contributed by atoms with E-state index < -0.39 is 5.91 Å². The molecule has 2 aromatic carbocycles. The monoisotopic (exact) mass is 294 g/mol. The normalized spacial score (nSPS) is 10.4. The van der Waals surface area contributed by atoms with Gasteiger partial charge >= 0.3 is 0 Å². The molecule has 3 N–H and O–H groups in total. The molecule has 110 valence electrons. The lowest BCUT2D eigenvalue weighted by Gasteiger charge is -2.09. The molecule has 6 nitrogen and oxygen atoms in total. The van der Waals surface area contributed by atoms with E-state index in [-0.39, 0.29) is 5.69 Å². The molecule has 0 aliphatic heterocycles. The third kappa shape index (κ3) is 2.42. The van der Waals surface area contributed by atoms with E-state index in [0.29, 0.717) is 5.69 Å². The lowest BCUT2D eigenvalue weighted by molar-refractivity contribution is 0.0996. The van der Waals surface area contributed by atoms with Gasteiger partial charge in [0.2, 0.25) is 0 Å². The lowest BCUT2D eigenvalue weighted by Crippen LogP contribution is -2.12. The Labute approximate surface area is 126 Å². The number of amides is 1. The van der Waals surface area contributed by atoms with Gasteiger partial charge in [-0.25, -0.2) is 0 Å². The summed E-state index contributed by atoms with van der Waals surface area (Å²) in [5.41, 5.74) is 8.55. The van der Waals surface area contributed by atoms with Crippen molar-refractivity contribution in [3.8, 4) is 28.1 Å². The Hall–Kier alpha value is -3.15. The second kappa shape index (κ2) is 5.69. The van der Waals surface area contributed by atoms with Crippen molar-refractivity contribution in [2.24, 2.45) is 5.73 Å². The first-order chi connectivity index (χ1) is 10.7. The van der Waals surface area contributed by atoms with Crippen molar-refractivity contribution in [1.82, 2.24) is 15.4 Å². The number of methoxy groups -OCH3 is 1. The van der Waals surface area contributed by atoms with Crippen LogP contribution < -0.4 is 10.5 Å². The molecule has 0 aliphatic carbocycles. The van der Waals surface area contributed by atoms with Crippen molar-refractivity contribution < 1.29 is 9.53 Å². The molecule has 0 radical (unpaired) electrons. The molecule has 1 amide bonds. The van der Waals surface area contributed by atoms with Crippen molar-refractivity contribution in [3.05, 3.63) is 54.2 Å². The van der Waals surface area contributed by atoms with Crippen LogP contribution in [0.3, 0.4) is 0 Å². The van der Waals surface area contributed by atoms with Crippen LogP contribution in [0.5, 0.6) is 5.75 Å². The van der Waals surface area contributed by atoms with Crippen LogP contribution in [0.15, 0.2) is 48.5 Å². The van der Waals surface area contributed by atoms with Crippen LogP contribution in [0.4, 0.5) is 0 Å². The Morgan fingerprint density at radius 2 is 1.86 bits per heavy atom. The minimum Gasteiger partial charge on any atom is -0.497 e. The van der Waals surface area contributed by atoms with E-state index in [1.807, 2.05) is 48.5 Å². The largest absolute Gasteiger partial charge is 0.497 e. The van der Waals surface area contributed by atoms with E-state index in [4.69, 9.17) is 10.5 Å². The van der Waals surface area contributed by atoms with E-state index in [0.717, 1.165) is 22.4 Å². The zero-order valence-electron chi connectivity index (χ0n) is 11.9. The molecule has 0 fully saturated rings. The molecule has 22 heavy (non-hydrogen) atoms. The average Bonchev–Trinajstić information content (AvgIpc) is 3.04. The number of nitrogens with two attached hydrogens (primary N) is 1. The number of hydrogen-bond donors (Lipinski definition) is 2. The van der Waals surface area contributed by atoms with E-state index in [1.54, 1.807) is 7.11 Å². The van der Waals surface area contributed by atoms with Crippen molar-refractivity contribution in [2.75, 3.05) is 7.11 Å². The molecule has 3 rings (SSSR count). The zero-order valence-corrected chi connectivity index (χ0v) is 11.9. The Kier molecular flexibility index (Phi) is 3.57. The first-order valence-electron chi connectivity index (χ1n) is 6.65. The SMILES string of the molecule is COc1cccc(-c2ccccc2-c2n[nH]nc2C(N)=O)c1. The van der Waals surface area contributed by atoms with Gasteiger partial charge < -0.3 is 10.5 Å². The fourth-order valence-corrected chi connectivity index (χ4v) is 2.32. The number of H-pyrrole nitrogens is 1. The maximum atomic E-state index is 11.5. The van der Waals surface area contributed by atoms with Gasteiger partial charge in [-0.3, -0.25) is 4.79 Å². The van der Waals surface area contributed by atoms with Crippen LogP contribution in [0.25, 0.3) is 22.4 Å². The number of aromatic amines is 1. The third-order valence-corrected chi connectivity index (χ3v) is 3.34. The van der Waals surface area contributed by atoms with Gasteiger partial charge in [-0.1, -0.05) is 36.4 Å². The van der Waals surface area contributed by atoms with Crippen LogP contribution in [0, 0.1) is 0 Å². The summed E-state index contributed by atoms with van der Waals surface area (Å²) >= 11 is 0. The summed E-state index contributed by atoms with van der Waals surface area (Å²) in [5.74, 6) is 0.131. The maximum Gasteiger partial charge on any atom is 0.271 e. The molecule has 1 heterocycles. The molecule has 6 heteroatoms. The van der Waals surface area contributed by atoms with Crippen molar-refractivity contribution in [1.29, 1.82) is 0 Å². The van der Waals surface area contributed by atoms with Crippen LogP contribution in [0.1, 0.15) is 10.5 Å². The van der Waals surface area contributed by atoms with Crippen LogP contribution in [0.2, 0.25) is 0 Å². The number of primary amides is 1. The first-order valence-corrected chi connectivity index (χ1v) is 6.65. The van der Waals surface area contributed by atoms with Gasteiger partial charge in [-0.15, -0.1) is 0 Å². The van der Waals surface area contributed by atoms with Gasteiger partial charge in [0.05, 0.1) is 7.11 Å². The predicted molar refractivity (Wildman–Crippen MR) is 82.3 cm³/mol. The van der Waals surface area contributed by atoms with Gasteiger partial charge in [-0.05, 0) is 23.3 Å². The maximum absolute atomic E-state index is 11.5. The number of rotatable bonds is 4. The van der Waals surface area contributed by atoms with Crippen LogP contribution in [-0.4, -0.2) is 28.4 Å². The summed E-state index contributed by atoms with van der Waals surface area (Å²) in [6, 6.07) is 15.3. The molecular weight excluding hydrogens is 280 g/mol. The highest BCUT2D eigenvalue weighted by atomic mass is 16.5. The fourth-order valence-electron chi connectivity index (χ4n) is 2.32. The highest BCUT2D eigenvalue weighted by Crippen LogP contribution is 2.33. The van der Waals surface area contributed by atoms with E-state index in [9.17, 15) is 4.79 Å². The highest BCUT2D eigenvalue weighted by molar-refractivity contribution is 5.98. The number of nitrogens with one attached hydrogen (secondary N) is 1. The Morgan fingerprint density at radius 1 is 1.09 bits per heavy atom. The van der Waals surface area contributed by atoms with E-state index >= 15 is 0 Å². The minimum absolute atomic E-state index is 0.121. The summed E-state index contributed by atoms with van der Waals surface area (Å²) in [4.78, 5) is 11.5. The summed E-state index contributed by atoms with van der Waals surface area (Å²) in [7, 11) is 1.62. The molecule has 0 bridgehead atoms. The van der Waals surface area contributed by atoms with Gasteiger partial charge in [0, 0.05) is 5.56 Å². The molecule has 0 saturated heterocycles. The zero-order chi connectivity index (χ0) is 15.5. The number of ether oxygens (including phenoxy) is 1. The Balaban J connectivity index is 2.18. The number of carbonyl (C=O) groups is 1. The Morgan fingerprint density at radius 3 is 2.59 bits per heavy atom. The summed E-state index contributed by atoms with van der Waals surface area (Å²) in [6.07, 6.45) is 0. The van der Waals surface area contributed by atoms with Gasteiger partial charge in [0.25, 0.3) is 5.91 Å². The number of aromatic nitrogens is 3. The second-order valence-electron chi connectivity index (χ2n) is 4.66. The molecule has 3 aromatic rings. The highest BCUT2D eigenvalue weighted by Gasteiger charge is 2.18.